The number of hydrogen-bond donors (Lipinski definition) is 1. The second kappa shape index (κ2) is 4.46. The number of fused-ring (bicyclic) bond motifs is 2. The molecule has 2 aliphatic carbocycles. The van der Waals surface area contributed by atoms with E-state index in [4.69, 9.17) is 0 Å². The molecule has 19 heavy (non-hydrogen) atoms. The molecule has 0 aromatic heterocycles. The summed E-state index contributed by atoms with van der Waals surface area (Å²) >= 11 is 0. The third kappa shape index (κ3) is 2.30. The predicted octanol–water partition coefficient (Wildman–Crippen LogP) is 2.83. The predicted molar refractivity (Wildman–Crippen MR) is 81.1 cm³/mol. The minimum absolute atomic E-state index is 0. The standard InChI is InChI=1S/C17H26N2.H2/c1-17-5-7-18-16(17)12-19(9-6-17)8-4-13-2-3-14-11-15(14)10-13;/h2-3,10,14-16,18H,4-9,11-12H2,1H3;1H/t14?,15?,16-,17+;/m1./s1. The lowest BCUT2D eigenvalue weighted by Gasteiger charge is -2.41. The number of rotatable bonds is 3. The molecule has 1 N–H and O–H groups in total. The van der Waals surface area contributed by atoms with Crippen LogP contribution in [0.3, 0.4) is 0 Å². The maximum Gasteiger partial charge on any atom is 0.0249 e. The fourth-order valence-corrected chi connectivity index (χ4v) is 4.18. The molecule has 0 bridgehead atoms. The zero-order valence-electron chi connectivity index (χ0n) is 12.1. The van der Waals surface area contributed by atoms with Crippen molar-refractivity contribution in [3.05, 3.63) is 23.8 Å². The molecule has 0 aromatic rings. The van der Waals surface area contributed by atoms with Crippen LogP contribution in [0.1, 0.15) is 34.0 Å². The third-order valence-electron chi connectivity index (χ3n) is 5.96. The van der Waals surface area contributed by atoms with E-state index in [9.17, 15) is 0 Å². The van der Waals surface area contributed by atoms with Crippen LogP contribution in [-0.2, 0) is 0 Å². The zero-order valence-corrected chi connectivity index (χ0v) is 12.1. The van der Waals surface area contributed by atoms with Gasteiger partial charge in [-0.3, -0.25) is 0 Å². The largest absolute Gasteiger partial charge is 0.312 e. The molecule has 4 aliphatic rings. The van der Waals surface area contributed by atoms with Gasteiger partial charge in [-0.2, -0.15) is 0 Å². The first kappa shape index (κ1) is 12.2. The molecule has 4 atom stereocenters. The van der Waals surface area contributed by atoms with Crippen molar-refractivity contribution in [1.29, 1.82) is 0 Å². The highest BCUT2D eigenvalue weighted by atomic mass is 15.2. The number of nitrogens with one attached hydrogen (secondary N) is 1. The highest BCUT2D eigenvalue weighted by molar-refractivity contribution is 5.30. The van der Waals surface area contributed by atoms with E-state index in [1.54, 1.807) is 5.57 Å². The van der Waals surface area contributed by atoms with Gasteiger partial charge in [0.2, 0.25) is 0 Å². The van der Waals surface area contributed by atoms with Crippen molar-refractivity contribution in [1.82, 2.24) is 10.2 Å². The van der Waals surface area contributed by atoms with E-state index in [2.05, 4.69) is 35.4 Å². The SMILES string of the molecule is C[C@@]12CCN[C@@H]1CN(CCC1=CC3CC3C=C1)CC2.[HH]. The summed E-state index contributed by atoms with van der Waals surface area (Å²) in [5.74, 6) is 1.81. The molecular weight excluding hydrogens is 232 g/mol. The van der Waals surface area contributed by atoms with Crippen molar-refractivity contribution in [2.24, 2.45) is 17.3 Å². The number of nitrogens with zero attached hydrogens (tertiary/aromatic N) is 1. The second-order valence-electron chi connectivity index (χ2n) is 7.38. The minimum atomic E-state index is 0. The molecule has 0 aromatic carbocycles. The van der Waals surface area contributed by atoms with E-state index < -0.39 is 0 Å². The van der Waals surface area contributed by atoms with Crippen molar-refractivity contribution in [3.8, 4) is 0 Å². The van der Waals surface area contributed by atoms with Gasteiger partial charge in [-0.05, 0) is 56.0 Å². The maximum absolute atomic E-state index is 3.71. The van der Waals surface area contributed by atoms with Crippen LogP contribution < -0.4 is 5.32 Å². The van der Waals surface area contributed by atoms with Gasteiger partial charge in [0, 0.05) is 20.6 Å². The summed E-state index contributed by atoms with van der Waals surface area (Å²) in [6, 6.07) is 0.741. The van der Waals surface area contributed by atoms with Crippen molar-refractivity contribution in [2.45, 2.75) is 38.6 Å². The number of hydrogen-bond acceptors (Lipinski definition) is 2. The molecule has 2 saturated heterocycles. The first-order valence-electron chi connectivity index (χ1n) is 8.08. The quantitative estimate of drug-likeness (QED) is 0.839. The Kier molecular flexibility index (Phi) is 2.85. The summed E-state index contributed by atoms with van der Waals surface area (Å²) in [5, 5.41) is 3.71. The lowest BCUT2D eigenvalue weighted by Crippen LogP contribution is -2.51. The molecular formula is C17H28N2. The molecule has 2 nitrogen and oxygen atoms in total. The fourth-order valence-electron chi connectivity index (χ4n) is 4.18. The van der Waals surface area contributed by atoms with Crippen molar-refractivity contribution >= 4 is 0 Å². The Morgan fingerprint density at radius 2 is 2.37 bits per heavy atom. The average molecular weight is 260 g/mol. The summed E-state index contributed by atoms with van der Waals surface area (Å²) < 4.78 is 0. The molecule has 106 valence electrons. The van der Waals surface area contributed by atoms with Crippen LogP contribution in [0.25, 0.3) is 0 Å². The van der Waals surface area contributed by atoms with E-state index in [-0.39, 0.29) is 1.43 Å². The van der Waals surface area contributed by atoms with Crippen LogP contribution in [0.15, 0.2) is 23.8 Å². The van der Waals surface area contributed by atoms with Gasteiger partial charge in [0.1, 0.15) is 0 Å². The van der Waals surface area contributed by atoms with Crippen molar-refractivity contribution in [3.63, 3.8) is 0 Å². The molecule has 2 unspecified atom stereocenters. The van der Waals surface area contributed by atoms with Crippen LogP contribution in [0.2, 0.25) is 0 Å². The van der Waals surface area contributed by atoms with Crippen LogP contribution in [0, 0.1) is 17.3 Å². The smallest absolute Gasteiger partial charge is 0.0249 e. The van der Waals surface area contributed by atoms with Crippen LogP contribution in [-0.4, -0.2) is 37.1 Å². The number of allylic oxidation sites excluding steroid dienone is 3. The number of piperidine rings is 1. The highest BCUT2D eigenvalue weighted by Gasteiger charge is 2.42. The minimum Gasteiger partial charge on any atom is -0.312 e. The molecule has 0 amide bonds. The topological polar surface area (TPSA) is 15.3 Å². The normalized spacial score (nSPS) is 44.7. The maximum atomic E-state index is 3.71. The fraction of sp³-hybridized carbons (Fsp3) is 0.765. The van der Waals surface area contributed by atoms with E-state index in [0.717, 1.165) is 17.9 Å². The summed E-state index contributed by atoms with van der Waals surface area (Å²) in [5.41, 5.74) is 2.17. The van der Waals surface area contributed by atoms with Gasteiger partial charge < -0.3 is 10.2 Å². The van der Waals surface area contributed by atoms with E-state index >= 15 is 0 Å². The Hall–Kier alpha value is -0.600. The Morgan fingerprint density at radius 3 is 3.26 bits per heavy atom. The Labute approximate surface area is 118 Å². The molecule has 2 heteroatoms. The molecule has 1 saturated carbocycles. The zero-order chi connectivity index (χ0) is 12.9. The molecule has 0 radical (unpaired) electrons. The average Bonchev–Trinajstić information content (AvgIpc) is 3.08. The second-order valence-corrected chi connectivity index (χ2v) is 7.38. The first-order valence-corrected chi connectivity index (χ1v) is 8.08. The van der Waals surface area contributed by atoms with Gasteiger partial charge in [0.25, 0.3) is 0 Å². The molecule has 4 rings (SSSR count). The van der Waals surface area contributed by atoms with Crippen LogP contribution in [0.4, 0.5) is 0 Å². The summed E-state index contributed by atoms with van der Waals surface area (Å²) in [6.07, 6.45) is 12.8. The first-order chi connectivity index (χ1) is 9.23. The molecule has 3 fully saturated rings. The molecule has 2 heterocycles. The summed E-state index contributed by atoms with van der Waals surface area (Å²) in [6.45, 7) is 7.53. The van der Waals surface area contributed by atoms with E-state index in [1.165, 1.54) is 51.9 Å². The Bertz CT molecular complexity index is 431. The van der Waals surface area contributed by atoms with Gasteiger partial charge in [-0.1, -0.05) is 30.7 Å². The highest BCUT2D eigenvalue weighted by Crippen LogP contribution is 2.44. The molecule has 0 spiro atoms. The molecule has 2 aliphatic heterocycles. The van der Waals surface area contributed by atoms with E-state index in [0.29, 0.717) is 5.41 Å². The van der Waals surface area contributed by atoms with Gasteiger partial charge in [-0.25, -0.2) is 0 Å². The van der Waals surface area contributed by atoms with Crippen LogP contribution >= 0.6 is 0 Å². The Morgan fingerprint density at radius 1 is 1.42 bits per heavy atom. The lowest BCUT2D eigenvalue weighted by atomic mass is 9.76. The van der Waals surface area contributed by atoms with E-state index in [1.807, 2.05) is 0 Å². The van der Waals surface area contributed by atoms with Gasteiger partial charge in [0.05, 0.1) is 0 Å². The monoisotopic (exact) mass is 260 g/mol. The Balaban J connectivity index is 0.00000121. The van der Waals surface area contributed by atoms with Crippen molar-refractivity contribution in [2.75, 3.05) is 26.2 Å². The summed E-state index contributed by atoms with van der Waals surface area (Å²) in [4.78, 5) is 2.68. The third-order valence-corrected chi connectivity index (χ3v) is 5.96. The van der Waals surface area contributed by atoms with Crippen molar-refractivity contribution < 1.29 is 1.43 Å². The number of likely N-dealkylation sites (tertiary alicyclic amines) is 1. The van der Waals surface area contributed by atoms with Gasteiger partial charge in [-0.15, -0.1) is 0 Å². The summed E-state index contributed by atoms with van der Waals surface area (Å²) in [7, 11) is 0. The van der Waals surface area contributed by atoms with Gasteiger partial charge in [0.15, 0.2) is 0 Å². The van der Waals surface area contributed by atoms with Gasteiger partial charge >= 0.3 is 0 Å². The van der Waals surface area contributed by atoms with Crippen LogP contribution in [0.5, 0.6) is 0 Å². The lowest BCUT2D eigenvalue weighted by molar-refractivity contribution is 0.105.